The number of nitrogens with two attached hydrogens (primary N) is 1. The summed E-state index contributed by atoms with van der Waals surface area (Å²) in [6.07, 6.45) is 1.34. The van der Waals surface area contributed by atoms with Crippen LogP contribution in [0, 0.1) is 12.8 Å². The third-order valence-corrected chi connectivity index (χ3v) is 2.77. The molecule has 0 aliphatic heterocycles. The van der Waals surface area contributed by atoms with E-state index in [-0.39, 0.29) is 5.91 Å². The van der Waals surface area contributed by atoms with Crippen LogP contribution in [0.5, 0.6) is 0 Å². The molecular formula is C14H22N2O. The normalized spacial score (nSPS) is 12.2. The molecule has 0 fully saturated rings. The number of hydrogen-bond acceptors (Lipinski definition) is 2. The smallest absolute Gasteiger partial charge is 0.220 e. The zero-order valence-corrected chi connectivity index (χ0v) is 10.7. The van der Waals surface area contributed by atoms with Gasteiger partial charge in [0.2, 0.25) is 5.91 Å². The highest BCUT2D eigenvalue weighted by atomic mass is 16.1. The van der Waals surface area contributed by atoms with Gasteiger partial charge in [0, 0.05) is 13.0 Å². The van der Waals surface area contributed by atoms with Crippen molar-refractivity contribution in [2.75, 3.05) is 13.1 Å². The number of amides is 1. The molecule has 0 radical (unpaired) electrons. The lowest BCUT2D eigenvalue weighted by atomic mass is 10.1. The molecule has 1 amide bonds. The second kappa shape index (κ2) is 7.07. The maximum Gasteiger partial charge on any atom is 0.220 e. The molecule has 17 heavy (non-hydrogen) atoms. The van der Waals surface area contributed by atoms with Gasteiger partial charge in [0.05, 0.1) is 0 Å². The van der Waals surface area contributed by atoms with Crippen LogP contribution in [-0.4, -0.2) is 19.0 Å². The number of carbonyl (C=O) groups is 1. The highest BCUT2D eigenvalue weighted by Gasteiger charge is 2.04. The number of nitrogens with one attached hydrogen (secondary N) is 1. The van der Waals surface area contributed by atoms with Crippen LogP contribution < -0.4 is 11.1 Å². The Morgan fingerprint density at radius 3 is 2.88 bits per heavy atom. The van der Waals surface area contributed by atoms with Crippen LogP contribution in [0.15, 0.2) is 24.3 Å². The van der Waals surface area contributed by atoms with Gasteiger partial charge in [0.1, 0.15) is 0 Å². The van der Waals surface area contributed by atoms with Crippen LogP contribution in [0.1, 0.15) is 24.5 Å². The fourth-order valence-electron chi connectivity index (χ4n) is 1.59. The number of rotatable bonds is 6. The molecule has 1 unspecified atom stereocenters. The first-order chi connectivity index (χ1) is 8.11. The zero-order chi connectivity index (χ0) is 12.7. The van der Waals surface area contributed by atoms with Crippen LogP contribution in [0.3, 0.4) is 0 Å². The van der Waals surface area contributed by atoms with E-state index < -0.39 is 0 Å². The predicted molar refractivity (Wildman–Crippen MR) is 70.7 cm³/mol. The molecule has 1 rings (SSSR count). The molecule has 1 aromatic carbocycles. The maximum absolute atomic E-state index is 11.6. The van der Waals surface area contributed by atoms with Crippen molar-refractivity contribution in [2.45, 2.75) is 26.7 Å². The van der Waals surface area contributed by atoms with Crippen molar-refractivity contribution in [2.24, 2.45) is 11.7 Å². The first-order valence-corrected chi connectivity index (χ1v) is 6.14. The molecule has 1 aromatic rings. The Morgan fingerprint density at radius 1 is 1.47 bits per heavy atom. The molecule has 0 aromatic heterocycles. The fraction of sp³-hybridized carbons (Fsp3) is 0.500. The molecule has 1 atom stereocenters. The van der Waals surface area contributed by atoms with Gasteiger partial charge in [-0.05, 0) is 31.4 Å². The molecule has 0 heterocycles. The Bertz CT molecular complexity index is 363. The summed E-state index contributed by atoms with van der Waals surface area (Å²) in [6, 6.07) is 8.27. The number of hydrogen-bond donors (Lipinski definition) is 2. The molecule has 0 saturated heterocycles. The van der Waals surface area contributed by atoms with E-state index in [1.807, 2.05) is 13.0 Å². The Hall–Kier alpha value is -1.35. The summed E-state index contributed by atoms with van der Waals surface area (Å²) in [4.78, 5) is 11.6. The van der Waals surface area contributed by atoms with Crippen molar-refractivity contribution >= 4 is 5.91 Å². The molecule has 0 saturated carbocycles. The Kier molecular flexibility index (Phi) is 5.70. The number of aryl methyl sites for hydroxylation is 2. The van der Waals surface area contributed by atoms with Crippen LogP contribution in [0.25, 0.3) is 0 Å². The van der Waals surface area contributed by atoms with Gasteiger partial charge in [-0.1, -0.05) is 36.8 Å². The van der Waals surface area contributed by atoms with Crippen molar-refractivity contribution in [1.82, 2.24) is 5.32 Å². The van der Waals surface area contributed by atoms with Gasteiger partial charge in [-0.25, -0.2) is 0 Å². The molecule has 0 aliphatic rings. The van der Waals surface area contributed by atoms with Gasteiger partial charge >= 0.3 is 0 Å². The van der Waals surface area contributed by atoms with E-state index in [9.17, 15) is 4.79 Å². The van der Waals surface area contributed by atoms with E-state index in [1.54, 1.807) is 0 Å². The second-order valence-corrected chi connectivity index (χ2v) is 4.63. The fourth-order valence-corrected chi connectivity index (χ4v) is 1.59. The SMILES string of the molecule is Cc1cccc(CCC(=O)NCC(C)CN)c1. The standard InChI is InChI=1S/C14H22N2O/c1-11-4-3-5-13(8-11)6-7-14(17)16-10-12(2)9-15/h3-5,8,12H,6-7,9-10,15H2,1-2H3,(H,16,17). The lowest BCUT2D eigenvalue weighted by Gasteiger charge is -2.10. The molecule has 0 aliphatic carbocycles. The van der Waals surface area contributed by atoms with Crippen molar-refractivity contribution in [3.8, 4) is 0 Å². The Labute approximate surface area is 103 Å². The highest BCUT2D eigenvalue weighted by molar-refractivity contribution is 5.76. The van der Waals surface area contributed by atoms with E-state index >= 15 is 0 Å². The molecule has 0 spiro atoms. The van der Waals surface area contributed by atoms with E-state index in [0.717, 1.165) is 6.42 Å². The molecule has 3 nitrogen and oxygen atoms in total. The lowest BCUT2D eigenvalue weighted by Crippen LogP contribution is -2.31. The summed E-state index contributed by atoms with van der Waals surface area (Å²) in [6.45, 7) is 5.37. The van der Waals surface area contributed by atoms with Gasteiger partial charge in [-0.15, -0.1) is 0 Å². The summed E-state index contributed by atoms with van der Waals surface area (Å²) >= 11 is 0. The van der Waals surface area contributed by atoms with Crippen molar-refractivity contribution in [3.63, 3.8) is 0 Å². The van der Waals surface area contributed by atoms with Gasteiger partial charge < -0.3 is 11.1 Å². The van der Waals surface area contributed by atoms with Gasteiger partial charge in [0.15, 0.2) is 0 Å². The third-order valence-electron chi connectivity index (χ3n) is 2.77. The number of carbonyl (C=O) groups excluding carboxylic acids is 1. The van der Waals surface area contributed by atoms with E-state index in [0.29, 0.717) is 25.4 Å². The van der Waals surface area contributed by atoms with E-state index in [4.69, 9.17) is 5.73 Å². The number of benzene rings is 1. The molecule has 0 bridgehead atoms. The van der Waals surface area contributed by atoms with E-state index in [2.05, 4.69) is 30.4 Å². The van der Waals surface area contributed by atoms with Crippen molar-refractivity contribution in [1.29, 1.82) is 0 Å². The average molecular weight is 234 g/mol. The first kappa shape index (κ1) is 13.7. The van der Waals surface area contributed by atoms with Crippen LogP contribution in [0.2, 0.25) is 0 Å². The van der Waals surface area contributed by atoms with E-state index in [1.165, 1.54) is 11.1 Å². The summed E-state index contributed by atoms with van der Waals surface area (Å²) in [5.74, 6) is 0.449. The first-order valence-electron chi connectivity index (χ1n) is 6.14. The minimum absolute atomic E-state index is 0.104. The molecule has 3 N–H and O–H groups in total. The van der Waals surface area contributed by atoms with Crippen molar-refractivity contribution < 1.29 is 4.79 Å². The lowest BCUT2D eigenvalue weighted by molar-refractivity contribution is -0.121. The summed E-state index contributed by atoms with van der Waals surface area (Å²) in [7, 11) is 0. The zero-order valence-electron chi connectivity index (χ0n) is 10.7. The van der Waals surface area contributed by atoms with Crippen LogP contribution >= 0.6 is 0 Å². The van der Waals surface area contributed by atoms with Crippen molar-refractivity contribution in [3.05, 3.63) is 35.4 Å². The summed E-state index contributed by atoms with van der Waals surface area (Å²) in [5, 5.41) is 2.90. The second-order valence-electron chi connectivity index (χ2n) is 4.63. The predicted octanol–water partition coefficient (Wildman–Crippen LogP) is 1.64. The summed E-state index contributed by atoms with van der Waals surface area (Å²) in [5.41, 5.74) is 7.94. The monoisotopic (exact) mass is 234 g/mol. The van der Waals surface area contributed by atoms with Crippen LogP contribution in [-0.2, 0) is 11.2 Å². The molecule has 94 valence electrons. The molecular weight excluding hydrogens is 212 g/mol. The highest BCUT2D eigenvalue weighted by Crippen LogP contribution is 2.06. The average Bonchev–Trinajstić information content (AvgIpc) is 2.33. The third kappa shape index (κ3) is 5.50. The van der Waals surface area contributed by atoms with Gasteiger partial charge in [-0.2, -0.15) is 0 Å². The Morgan fingerprint density at radius 2 is 2.24 bits per heavy atom. The van der Waals surface area contributed by atoms with Gasteiger partial charge in [0.25, 0.3) is 0 Å². The summed E-state index contributed by atoms with van der Waals surface area (Å²) < 4.78 is 0. The molecule has 3 heteroatoms. The maximum atomic E-state index is 11.6. The largest absolute Gasteiger partial charge is 0.356 e. The Balaban J connectivity index is 2.28. The quantitative estimate of drug-likeness (QED) is 0.786. The minimum Gasteiger partial charge on any atom is -0.356 e. The van der Waals surface area contributed by atoms with Gasteiger partial charge in [-0.3, -0.25) is 4.79 Å². The minimum atomic E-state index is 0.104. The topological polar surface area (TPSA) is 55.1 Å². The van der Waals surface area contributed by atoms with Crippen LogP contribution in [0.4, 0.5) is 0 Å².